The van der Waals surface area contributed by atoms with E-state index in [9.17, 15) is 4.79 Å². The molecule has 0 spiro atoms. The summed E-state index contributed by atoms with van der Waals surface area (Å²) < 4.78 is 11.3. The van der Waals surface area contributed by atoms with Crippen molar-refractivity contribution in [3.05, 3.63) is 70.9 Å². The molecule has 146 valence electrons. The van der Waals surface area contributed by atoms with Crippen molar-refractivity contribution in [1.82, 2.24) is 0 Å². The van der Waals surface area contributed by atoms with Crippen molar-refractivity contribution in [2.75, 3.05) is 5.32 Å². The SMILES string of the molecule is CC[C@@H](C)Oc1cccc(C(=O)Nc2cc(-c3ccc(CO)o3)ccc2Cl)c1. The fraction of sp³-hybridized carbons (Fsp3) is 0.227. The molecule has 1 aromatic heterocycles. The number of hydrogen-bond donors (Lipinski definition) is 2. The molecule has 0 aliphatic rings. The lowest BCUT2D eigenvalue weighted by Gasteiger charge is -2.14. The molecule has 2 N–H and O–H groups in total. The smallest absolute Gasteiger partial charge is 0.255 e. The Labute approximate surface area is 168 Å². The Hall–Kier alpha value is -2.76. The van der Waals surface area contributed by atoms with Gasteiger partial charge in [-0.2, -0.15) is 0 Å². The van der Waals surface area contributed by atoms with Gasteiger partial charge < -0.3 is 19.6 Å². The molecule has 1 atom stereocenters. The summed E-state index contributed by atoms with van der Waals surface area (Å²) in [6.45, 7) is 3.85. The molecule has 6 heteroatoms. The molecule has 0 radical (unpaired) electrons. The molecule has 28 heavy (non-hydrogen) atoms. The van der Waals surface area contributed by atoms with Crippen molar-refractivity contribution in [3.8, 4) is 17.1 Å². The maximum absolute atomic E-state index is 12.7. The van der Waals surface area contributed by atoms with E-state index in [0.717, 1.165) is 12.0 Å². The Morgan fingerprint density at radius 2 is 2.04 bits per heavy atom. The molecule has 0 saturated carbocycles. The van der Waals surface area contributed by atoms with Crippen molar-refractivity contribution in [1.29, 1.82) is 0 Å². The number of carbonyl (C=O) groups excluding carboxylic acids is 1. The minimum Gasteiger partial charge on any atom is -0.491 e. The first-order chi connectivity index (χ1) is 13.5. The number of anilines is 1. The summed E-state index contributed by atoms with van der Waals surface area (Å²) in [5, 5.41) is 12.4. The van der Waals surface area contributed by atoms with Crippen LogP contribution in [0.2, 0.25) is 5.02 Å². The van der Waals surface area contributed by atoms with E-state index < -0.39 is 0 Å². The molecule has 0 aliphatic heterocycles. The molecular formula is C22H22ClNO4. The first-order valence-electron chi connectivity index (χ1n) is 9.07. The zero-order valence-corrected chi connectivity index (χ0v) is 16.5. The van der Waals surface area contributed by atoms with Crippen LogP contribution in [0.25, 0.3) is 11.3 Å². The number of aliphatic hydroxyl groups is 1. The van der Waals surface area contributed by atoms with E-state index >= 15 is 0 Å². The number of furan rings is 1. The van der Waals surface area contributed by atoms with Gasteiger partial charge in [-0.25, -0.2) is 0 Å². The monoisotopic (exact) mass is 399 g/mol. The van der Waals surface area contributed by atoms with Gasteiger partial charge in [-0.15, -0.1) is 0 Å². The van der Waals surface area contributed by atoms with Crippen LogP contribution >= 0.6 is 11.6 Å². The van der Waals surface area contributed by atoms with Gasteiger partial charge in [0.05, 0.1) is 16.8 Å². The van der Waals surface area contributed by atoms with Crippen LogP contribution < -0.4 is 10.1 Å². The average Bonchev–Trinajstić information content (AvgIpc) is 3.19. The second kappa shape index (κ2) is 8.95. The van der Waals surface area contributed by atoms with Gasteiger partial charge in [-0.05, 0) is 61.9 Å². The number of ether oxygens (including phenoxy) is 1. The van der Waals surface area contributed by atoms with Gasteiger partial charge >= 0.3 is 0 Å². The molecule has 0 fully saturated rings. The Bertz CT molecular complexity index is 967. The summed E-state index contributed by atoms with van der Waals surface area (Å²) in [4.78, 5) is 12.7. The molecule has 0 unspecified atom stereocenters. The highest BCUT2D eigenvalue weighted by Gasteiger charge is 2.13. The van der Waals surface area contributed by atoms with Crippen molar-refractivity contribution in [2.24, 2.45) is 0 Å². The number of carbonyl (C=O) groups is 1. The topological polar surface area (TPSA) is 71.7 Å². The normalized spacial score (nSPS) is 11.9. The maximum atomic E-state index is 12.7. The molecule has 1 amide bonds. The van der Waals surface area contributed by atoms with Gasteiger partial charge in [0.1, 0.15) is 23.9 Å². The van der Waals surface area contributed by atoms with Crippen LogP contribution in [0.5, 0.6) is 5.75 Å². The molecule has 5 nitrogen and oxygen atoms in total. The van der Waals surface area contributed by atoms with Crippen LogP contribution in [0.3, 0.4) is 0 Å². The van der Waals surface area contributed by atoms with E-state index in [0.29, 0.717) is 33.5 Å². The summed E-state index contributed by atoms with van der Waals surface area (Å²) in [6, 6.07) is 15.7. The van der Waals surface area contributed by atoms with Gasteiger partial charge in [0.15, 0.2) is 0 Å². The van der Waals surface area contributed by atoms with E-state index in [4.69, 9.17) is 25.9 Å². The third kappa shape index (κ3) is 4.74. The van der Waals surface area contributed by atoms with Gasteiger partial charge in [0.2, 0.25) is 0 Å². The van der Waals surface area contributed by atoms with E-state index in [1.165, 1.54) is 0 Å². The summed E-state index contributed by atoms with van der Waals surface area (Å²) in [5.41, 5.74) is 1.69. The van der Waals surface area contributed by atoms with E-state index in [1.54, 1.807) is 48.5 Å². The van der Waals surface area contributed by atoms with Crippen molar-refractivity contribution >= 4 is 23.2 Å². The van der Waals surface area contributed by atoms with Crippen molar-refractivity contribution < 1.29 is 19.1 Å². The van der Waals surface area contributed by atoms with Gasteiger partial charge in [-0.3, -0.25) is 4.79 Å². The minimum atomic E-state index is -0.288. The van der Waals surface area contributed by atoms with Crippen LogP contribution in [-0.4, -0.2) is 17.1 Å². The Morgan fingerprint density at radius 3 is 2.75 bits per heavy atom. The van der Waals surface area contributed by atoms with Crippen LogP contribution in [0.15, 0.2) is 59.0 Å². The van der Waals surface area contributed by atoms with Crippen LogP contribution in [0.4, 0.5) is 5.69 Å². The lowest BCUT2D eigenvalue weighted by atomic mass is 10.1. The maximum Gasteiger partial charge on any atom is 0.255 e. The quantitative estimate of drug-likeness (QED) is 0.548. The molecule has 3 aromatic rings. The number of aliphatic hydroxyl groups excluding tert-OH is 1. The van der Waals surface area contributed by atoms with Gasteiger partial charge in [0.25, 0.3) is 5.91 Å². The standard InChI is InChI=1S/C22H22ClNO4/c1-3-14(2)27-17-6-4-5-16(11-17)22(26)24-20-12-15(7-9-19(20)23)21-10-8-18(13-25)28-21/h4-12,14,25H,3,13H2,1-2H3,(H,24,26)/t14-/m1/s1. The van der Waals surface area contributed by atoms with Crippen molar-refractivity contribution in [3.63, 3.8) is 0 Å². The third-order valence-corrected chi connectivity index (χ3v) is 4.65. The zero-order chi connectivity index (χ0) is 20.1. The number of benzene rings is 2. The highest BCUT2D eigenvalue weighted by molar-refractivity contribution is 6.34. The van der Waals surface area contributed by atoms with Crippen LogP contribution in [-0.2, 0) is 6.61 Å². The molecule has 0 aliphatic carbocycles. The number of amides is 1. The first-order valence-corrected chi connectivity index (χ1v) is 9.45. The molecule has 0 saturated heterocycles. The number of rotatable bonds is 7. The second-order valence-corrected chi connectivity index (χ2v) is 6.84. The Morgan fingerprint density at radius 1 is 1.21 bits per heavy atom. The first kappa shape index (κ1) is 20.0. The molecule has 3 rings (SSSR count). The fourth-order valence-electron chi connectivity index (χ4n) is 2.61. The summed E-state index contributed by atoms with van der Waals surface area (Å²) in [5.74, 6) is 1.41. The lowest BCUT2D eigenvalue weighted by molar-refractivity contribution is 0.102. The van der Waals surface area contributed by atoms with Gasteiger partial charge in [0, 0.05) is 11.1 Å². The predicted octanol–water partition coefficient (Wildman–Crippen LogP) is 5.52. The highest BCUT2D eigenvalue weighted by atomic mass is 35.5. The molecule has 2 aromatic carbocycles. The zero-order valence-electron chi connectivity index (χ0n) is 15.7. The molecular weight excluding hydrogens is 378 g/mol. The van der Waals surface area contributed by atoms with Crippen molar-refractivity contribution in [2.45, 2.75) is 33.0 Å². The second-order valence-electron chi connectivity index (χ2n) is 6.44. The Balaban J connectivity index is 1.80. The average molecular weight is 400 g/mol. The summed E-state index contributed by atoms with van der Waals surface area (Å²) in [6.07, 6.45) is 0.949. The van der Waals surface area contributed by atoms with E-state index in [1.807, 2.05) is 19.9 Å². The highest BCUT2D eigenvalue weighted by Crippen LogP contribution is 2.30. The third-order valence-electron chi connectivity index (χ3n) is 4.32. The van der Waals surface area contributed by atoms with E-state index in [-0.39, 0.29) is 18.6 Å². The number of hydrogen-bond acceptors (Lipinski definition) is 4. The number of nitrogens with one attached hydrogen (secondary N) is 1. The Kier molecular flexibility index (Phi) is 6.39. The van der Waals surface area contributed by atoms with Crippen LogP contribution in [0, 0.1) is 0 Å². The lowest BCUT2D eigenvalue weighted by Crippen LogP contribution is -2.14. The summed E-state index contributed by atoms with van der Waals surface area (Å²) >= 11 is 6.26. The predicted molar refractivity (Wildman–Crippen MR) is 110 cm³/mol. The number of halogens is 1. The van der Waals surface area contributed by atoms with Gasteiger partial charge in [-0.1, -0.05) is 24.6 Å². The fourth-order valence-corrected chi connectivity index (χ4v) is 2.78. The largest absolute Gasteiger partial charge is 0.491 e. The van der Waals surface area contributed by atoms with Crippen LogP contribution in [0.1, 0.15) is 36.4 Å². The summed E-state index contributed by atoms with van der Waals surface area (Å²) in [7, 11) is 0. The molecule has 1 heterocycles. The molecule has 0 bridgehead atoms. The minimum absolute atomic E-state index is 0.0709. The van der Waals surface area contributed by atoms with E-state index in [2.05, 4.69) is 5.32 Å².